The van der Waals surface area contributed by atoms with E-state index in [0.29, 0.717) is 6.42 Å². The predicted molar refractivity (Wildman–Crippen MR) is 72.4 cm³/mol. The molecule has 0 unspecified atom stereocenters. The van der Waals surface area contributed by atoms with Crippen LogP contribution in [0.25, 0.3) is 0 Å². The molecule has 0 aliphatic carbocycles. The summed E-state index contributed by atoms with van der Waals surface area (Å²) in [5.41, 5.74) is 10.9. The quantitative estimate of drug-likeness (QED) is 0.789. The van der Waals surface area contributed by atoms with Gasteiger partial charge in [-0.15, -0.1) is 0 Å². The first kappa shape index (κ1) is 10.8. The van der Waals surface area contributed by atoms with E-state index in [1.54, 1.807) is 0 Å². The van der Waals surface area contributed by atoms with Gasteiger partial charge in [0.1, 0.15) is 0 Å². The van der Waals surface area contributed by atoms with Gasteiger partial charge >= 0.3 is 0 Å². The van der Waals surface area contributed by atoms with E-state index >= 15 is 0 Å². The Balaban J connectivity index is 1.86. The minimum absolute atomic E-state index is 0.0751. The Bertz CT molecular complexity index is 620. The van der Waals surface area contributed by atoms with Gasteiger partial charge in [0.15, 0.2) is 0 Å². The van der Waals surface area contributed by atoms with Gasteiger partial charge in [-0.05, 0) is 41.3 Å². The maximum absolute atomic E-state index is 11.3. The number of amides is 1. The van der Waals surface area contributed by atoms with E-state index in [4.69, 9.17) is 5.73 Å². The zero-order chi connectivity index (χ0) is 12.5. The van der Waals surface area contributed by atoms with Crippen molar-refractivity contribution in [2.75, 3.05) is 11.1 Å². The molecular weight excluding hydrogens is 224 g/mol. The highest BCUT2D eigenvalue weighted by Gasteiger charge is 2.17. The molecule has 0 saturated heterocycles. The summed E-state index contributed by atoms with van der Waals surface area (Å²) in [6.07, 6.45) is 1.32. The Morgan fingerprint density at radius 1 is 1.11 bits per heavy atom. The zero-order valence-corrected chi connectivity index (χ0v) is 9.94. The van der Waals surface area contributed by atoms with Crippen molar-refractivity contribution in [1.82, 2.24) is 0 Å². The highest BCUT2D eigenvalue weighted by molar-refractivity contribution is 5.99. The fourth-order valence-corrected chi connectivity index (χ4v) is 2.31. The fourth-order valence-electron chi connectivity index (χ4n) is 2.31. The Morgan fingerprint density at radius 3 is 2.78 bits per heavy atom. The lowest BCUT2D eigenvalue weighted by Crippen LogP contribution is -2.03. The highest BCUT2D eigenvalue weighted by Crippen LogP contribution is 2.25. The van der Waals surface area contributed by atoms with E-state index in [-0.39, 0.29) is 5.91 Å². The Hall–Kier alpha value is -2.29. The van der Waals surface area contributed by atoms with Gasteiger partial charge < -0.3 is 11.1 Å². The van der Waals surface area contributed by atoms with Gasteiger partial charge in [0.05, 0.1) is 6.42 Å². The molecule has 2 aromatic rings. The number of hydrogen-bond acceptors (Lipinski definition) is 2. The number of carbonyl (C=O) groups is 1. The number of nitrogen functional groups attached to an aromatic ring is 1. The van der Waals surface area contributed by atoms with Crippen LogP contribution in [0.5, 0.6) is 0 Å². The van der Waals surface area contributed by atoms with Crippen molar-refractivity contribution in [1.29, 1.82) is 0 Å². The van der Waals surface area contributed by atoms with Gasteiger partial charge in [0.2, 0.25) is 5.91 Å². The number of hydrogen-bond donors (Lipinski definition) is 2. The number of carbonyl (C=O) groups excluding carboxylic acids is 1. The Kier molecular flexibility index (Phi) is 2.52. The second kappa shape index (κ2) is 4.18. The standard InChI is InChI=1S/C15H14N2O/c16-13-3-1-2-10(7-13)6-11-4-5-12-9-15(18)17-14(12)8-11/h1-5,7-8H,6,9,16H2,(H,17,18). The molecule has 3 N–H and O–H groups in total. The van der Waals surface area contributed by atoms with Crippen LogP contribution in [0.2, 0.25) is 0 Å². The van der Waals surface area contributed by atoms with Crippen LogP contribution in [0.3, 0.4) is 0 Å². The molecule has 90 valence electrons. The molecule has 0 fully saturated rings. The lowest BCUT2D eigenvalue weighted by molar-refractivity contribution is -0.115. The summed E-state index contributed by atoms with van der Waals surface area (Å²) in [6, 6.07) is 14.0. The maximum Gasteiger partial charge on any atom is 0.228 e. The molecule has 0 spiro atoms. The number of nitrogens with two attached hydrogens (primary N) is 1. The normalized spacial score (nSPS) is 13.2. The first-order chi connectivity index (χ1) is 8.70. The van der Waals surface area contributed by atoms with Gasteiger partial charge in [-0.1, -0.05) is 24.3 Å². The molecule has 0 saturated carbocycles. The number of rotatable bonds is 2. The number of benzene rings is 2. The molecule has 3 heteroatoms. The Morgan fingerprint density at radius 2 is 1.94 bits per heavy atom. The maximum atomic E-state index is 11.3. The number of anilines is 2. The van der Waals surface area contributed by atoms with Crippen LogP contribution in [0.15, 0.2) is 42.5 Å². The summed E-state index contributed by atoms with van der Waals surface area (Å²) >= 11 is 0. The molecule has 3 rings (SSSR count). The summed E-state index contributed by atoms with van der Waals surface area (Å²) in [6.45, 7) is 0. The Labute approximate surface area is 106 Å². The van der Waals surface area contributed by atoms with Crippen LogP contribution in [-0.2, 0) is 17.6 Å². The summed E-state index contributed by atoms with van der Waals surface area (Å²) in [5.74, 6) is 0.0751. The van der Waals surface area contributed by atoms with Gasteiger partial charge in [-0.2, -0.15) is 0 Å². The average Bonchev–Trinajstić information content (AvgIpc) is 2.68. The fraction of sp³-hybridized carbons (Fsp3) is 0.133. The third-order valence-electron chi connectivity index (χ3n) is 3.16. The molecular formula is C15H14N2O. The number of fused-ring (bicyclic) bond motifs is 1. The monoisotopic (exact) mass is 238 g/mol. The minimum Gasteiger partial charge on any atom is -0.399 e. The minimum atomic E-state index is 0.0751. The molecule has 1 amide bonds. The topological polar surface area (TPSA) is 55.1 Å². The lowest BCUT2D eigenvalue weighted by atomic mass is 10.0. The van der Waals surface area contributed by atoms with Crippen LogP contribution < -0.4 is 11.1 Å². The van der Waals surface area contributed by atoms with Crippen molar-refractivity contribution in [3.63, 3.8) is 0 Å². The summed E-state index contributed by atoms with van der Waals surface area (Å²) in [4.78, 5) is 11.3. The van der Waals surface area contributed by atoms with E-state index in [1.807, 2.05) is 30.3 Å². The van der Waals surface area contributed by atoms with Gasteiger partial charge in [-0.3, -0.25) is 4.79 Å². The van der Waals surface area contributed by atoms with E-state index in [0.717, 1.165) is 23.4 Å². The molecule has 0 radical (unpaired) electrons. The highest BCUT2D eigenvalue weighted by atomic mass is 16.1. The third kappa shape index (κ3) is 2.07. The second-order valence-corrected chi connectivity index (χ2v) is 4.64. The van der Waals surface area contributed by atoms with Crippen molar-refractivity contribution in [3.8, 4) is 0 Å². The van der Waals surface area contributed by atoms with E-state index in [9.17, 15) is 4.79 Å². The average molecular weight is 238 g/mol. The molecule has 1 aliphatic heterocycles. The molecule has 1 aliphatic rings. The third-order valence-corrected chi connectivity index (χ3v) is 3.16. The van der Waals surface area contributed by atoms with Crippen LogP contribution >= 0.6 is 0 Å². The summed E-state index contributed by atoms with van der Waals surface area (Å²) in [7, 11) is 0. The smallest absolute Gasteiger partial charge is 0.228 e. The zero-order valence-electron chi connectivity index (χ0n) is 9.94. The first-order valence-corrected chi connectivity index (χ1v) is 5.97. The van der Waals surface area contributed by atoms with Crippen molar-refractivity contribution in [3.05, 3.63) is 59.2 Å². The molecule has 0 atom stereocenters. The van der Waals surface area contributed by atoms with Crippen LogP contribution in [0.4, 0.5) is 11.4 Å². The second-order valence-electron chi connectivity index (χ2n) is 4.64. The lowest BCUT2D eigenvalue weighted by Gasteiger charge is -2.05. The van der Waals surface area contributed by atoms with E-state index < -0.39 is 0 Å². The SMILES string of the molecule is Nc1cccc(Cc2ccc3c(c2)NC(=O)C3)c1. The van der Waals surface area contributed by atoms with Gasteiger partial charge in [0.25, 0.3) is 0 Å². The van der Waals surface area contributed by atoms with Crippen LogP contribution in [-0.4, -0.2) is 5.91 Å². The molecule has 3 nitrogen and oxygen atoms in total. The molecule has 1 heterocycles. The van der Waals surface area contributed by atoms with Gasteiger partial charge in [-0.25, -0.2) is 0 Å². The summed E-state index contributed by atoms with van der Waals surface area (Å²) < 4.78 is 0. The summed E-state index contributed by atoms with van der Waals surface area (Å²) in [5, 5.41) is 2.87. The molecule has 2 aromatic carbocycles. The molecule has 0 bridgehead atoms. The van der Waals surface area contributed by atoms with E-state index in [2.05, 4.69) is 17.4 Å². The van der Waals surface area contributed by atoms with Crippen molar-refractivity contribution in [2.24, 2.45) is 0 Å². The molecule has 18 heavy (non-hydrogen) atoms. The van der Waals surface area contributed by atoms with Crippen LogP contribution in [0.1, 0.15) is 16.7 Å². The van der Waals surface area contributed by atoms with Gasteiger partial charge in [0, 0.05) is 11.4 Å². The molecule has 0 aromatic heterocycles. The first-order valence-electron chi connectivity index (χ1n) is 5.97. The largest absolute Gasteiger partial charge is 0.399 e. The van der Waals surface area contributed by atoms with Crippen molar-refractivity contribution < 1.29 is 4.79 Å². The number of nitrogens with one attached hydrogen (secondary N) is 1. The van der Waals surface area contributed by atoms with E-state index in [1.165, 1.54) is 11.1 Å². The van der Waals surface area contributed by atoms with Crippen LogP contribution in [0, 0.1) is 0 Å². The van der Waals surface area contributed by atoms with Crippen molar-refractivity contribution >= 4 is 17.3 Å². The predicted octanol–water partition coefficient (Wildman–Crippen LogP) is 2.35. The van der Waals surface area contributed by atoms with Crippen molar-refractivity contribution in [2.45, 2.75) is 12.8 Å².